The van der Waals surface area contributed by atoms with E-state index in [1.807, 2.05) is 24.4 Å². The van der Waals surface area contributed by atoms with Gasteiger partial charge in [0.1, 0.15) is 16.6 Å². The van der Waals surface area contributed by atoms with E-state index in [1.54, 1.807) is 23.7 Å². The van der Waals surface area contributed by atoms with E-state index < -0.39 is 0 Å². The molecule has 34 heavy (non-hydrogen) atoms. The van der Waals surface area contributed by atoms with E-state index >= 15 is 0 Å². The molecular formula is C26H28N6OS. The van der Waals surface area contributed by atoms with Crippen molar-refractivity contribution in [3.05, 3.63) is 60.2 Å². The van der Waals surface area contributed by atoms with Crippen LogP contribution in [0.15, 0.2) is 48.9 Å². The van der Waals surface area contributed by atoms with Gasteiger partial charge >= 0.3 is 0 Å². The Morgan fingerprint density at radius 1 is 1.00 bits per heavy atom. The minimum atomic E-state index is 0.531. The zero-order valence-corrected chi connectivity index (χ0v) is 19.9. The average Bonchev–Trinajstić information content (AvgIpc) is 3.55. The molecule has 0 aliphatic carbocycles. The van der Waals surface area contributed by atoms with Crippen LogP contribution >= 0.6 is 11.3 Å². The van der Waals surface area contributed by atoms with Gasteiger partial charge in [0, 0.05) is 50.0 Å². The third kappa shape index (κ3) is 4.66. The maximum atomic E-state index is 5.60. The van der Waals surface area contributed by atoms with Crippen molar-refractivity contribution in [2.24, 2.45) is 0 Å². The zero-order valence-electron chi connectivity index (χ0n) is 19.1. The number of hydrogen-bond donors (Lipinski definition) is 1. The summed E-state index contributed by atoms with van der Waals surface area (Å²) in [5, 5.41) is 4.40. The zero-order chi connectivity index (χ0) is 22.7. The molecule has 8 heteroatoms. The second kappa shape index (κ2) is 9.74. The summed E-state index contributed by atoms with van der Waals surface area (Å²) in [4.78, 5) is 21.2. The van der Waals surface area contributed by atoms with Crippen molar-refractivity contribution in [1.82, 2.24) is 24.8 Å². The molecule has 0 atom stereocenters. The van der Waals surface area contributed by atoms with Gasteiger partial charge in [0.25, 0.3) is 0 Å². The van der Waals surface area contributed by atoms with Crippen molar-refractivity contribution in [1.29, 1.82) is 0 Å². The first-order chi connectivity index (χ1) is 16.8. The molecule has 0 unspecified atom stereocenters. The standard InChI is InChI=1S/C26H28N6OS/c1-2-12-32(11-1)17-22-20(18-7-13-33-14-8-18)3-4-24(29-22)31-25-15-21-23(16-28-25)34-26(30-21)19-5-9-27-10-6-19/h3-6,9-10,15-16,18H,1-2,7-8,11-14,17H2,(H,28,29,31). The molecule has 0 spiro atoms. The molecular weight excluding hydrogens is 444 g/mol. The normalized spacial score (nSPS) is 17.4. The number of thiazole rings is 1. The number of pyridine rings is 3. The van der Waals surface area contributed by atoms with E-state index in [0.29, 0.717) is 5.92 Å². The van der Waals surface area contributed by atoms with Gasteiger partial charge in [0.05, 0.1) is 15.9 Å². The SMILES string of the molecule is c1cc(-c2nc3cc(Nc4ccc(C5CCOCC5)c(CN5CCCC5)n4)ncc3s2)ccn1. The van der Waals surface area contributed by atoms with Crippen molar-refractivity contribution >= 4 is 33.2 Å². The molecule has 7 nitrogen and oxygen atoms in total. The fourth-order valence-corrected chi connectivity index (χ4v) is 5.81. The largest absolute Gasteiger partial charge is 0.381 e. The smallest absolute Gasteiger partial charge is 0.133 e. The molecule has 0 bridgehead atoms. The molecule has 6 heterocycles. The predicted molar refractivity (Wildman–Crippen MR) is 135 cm³/mol. The number of anilines is 2. The van der Waals surface area contributed by atoms with Crippen LogP contribution in [0, 0.1) is 0 Å². The lowest BCUT2D eigenvalue weighted by Crippen LogP contribution is -2.22. The average molecular weight is 473 g/mol. The number of ether oxygens (including phenoxy) is 1. The summed E-state index contributed by atoms with van der Waals surface area (Å²) in [6.45, 7) is 4.92. The van der Waals surface area contributed by atoms with Gasteiger partial charge in [-0.15, -0.1) is 11.3 Å². The number of fused-ring (bicyclic) bond motifs is 1. The van der Waals surface area contributed by atoms with Crippen molar-refractivity contribution in [2.45, 2.75) is 38.1 Å². The lowest BCUT2D eigenvalue weighted by molar-refractivity contribution is 0.0849. The van der Waals surface area contributed by atoms with E-state index in [1.165, 1.54) is 24.1 Å². The van der Waals surface area contributed by atoms with Crippen LogP contribution in [0.4, 0.5) is 11.6 Å². The first-order valence-corrected chi connectivity index (χ1v) is 12.9. The van der Waals surface area contributed by atoms with Crippen LogP contribution in [-0.4, -0.2) is 51.1 Å². The highest BCUT2D eigenvalue weighted by Crippen LogP contribution is 2.33. The summed E-state index contributed by atoms with van der Waals surface area (Å²) < 4.78 is 6.67. The van der Waals surface area contributed by atoms with Crippen LogP contribution in [0.3, 0.4) is 0 Å². The molecule has 0 radical (unpaired) electrons. The maximum absolute atomic E-state index is 5.60. The Morgan fingerprint density at radius 2 is 1.82 bits per heavy atom. The molecule has 0 saturated carbocycles. The molecule has 0 amide bonds. The van der Waals surface area contributed by atoms with Gasteiger partial charge < -0.3 is 10.1 Å². The second-order valence-electron chi connectivity index (χ2n) is 9.02. The summed E-state index contributed by atoms with van der Waals surface area (Å²) in [6, 6.07) is 10.3. The van der Waals surface area contributed by atoms with Gasteiger partial charge in [-0.3, -0.25) is 9.88 Å². The van der Waals surface area contributed by atoms with Crippen LogP contribution < -0.4 is 5.32 Å². The first-order valence-electron chi connectivity index (χ1n) is 12.1. The van der Waals surface area contributed by atoms with Crippen LogP contribution in [0.5, 0.6) is 0 Å². The topological polar surface area (TPSA) is 76.1 Å². The third-order valence-corrected chi connectivity index (χ3v) is 7.76. The van der Waals surface area contributed by atoms with Gasteiger partial charge in [0.15, 0.2) is 0 Å². The molecule has 6 rings (SSSR count). The molecule has 2 fully saturated rings. The molecule has 2 aliphatic heterocycles. The number of nitrogens with zero attached hydrogens (tertiary/aromatic N) is 5. The van der Waals surface area contributed by atoms with E-state index in [9.17, 15) is 0 Å². The Labute approximate surface area is 203 Å². The minimum Gasteiger partial charge on any atom is -0.381 e. The molecule has 2 saturated heterocycles. The van der Waals surface area contributed by atoms with E-state index in [0.717, 1.165) is 78.1 Å². The highest BCUT2D eigenvalue weighted by atomic mass is 32.1. The Bertz CT molecular complexity index is 1270. The Hall–Kier alpha value is -2.94. The van der Waals surface area contributed by atoms with Gasteiger partial charge in [0.2, 0.25) is 0 Å². The lowest BCUT2D eigenvalue weighted by atomic mass is 9.90. The number of hydrogen-bond acceptors (Lipinski definition) is 8. The summed E-state index contributed by atoms with van der Waals surface area (Å²) in [5.41, 5.74) is 4.58. The number of rotatable bonds is 6. The van der Waals surface area contributed by atoms with Crippen molar-refractivity contribution in [2.75, 3.05) is 31.6 Å². The highest BCUT2D eigenvalue weighted by molar-refractivity contribution is 7.21. The Kier molecular flexibility index (Phi) is 6.18. The van der Waals surface area contributed by atoms with Gasteiger partial charge in [-0.2, -0.15) is 0 Å². The van der Waals surface area contributed by atoms with E-state index in [-0.39, 0.29) is 0 Å². The lowest BCUT2D eigenvalue weighted by Gasteiger charge is -2.26. The van der Waals surface area contributed by atoms with Crippen LogP contribution in [0.1, 0.15) is 42.9 Å². The van der Waals surface area contributed by atoms with E-state index in [4.69, 9.17) is 14.7 Å². The predicted octanol–water partition coefficient (Wildman–Crippen LogP) is 5.38. The maximum Gasteiger partial charge on any atom is 0.133 e. The summed E-state index contributed by atoms with van der Waals surface area (Å²) in [6.07, 6.45) is 10.2. The molecule has 4 aromatic heterocycles. The molecule has 2 aliphatic rings. The van der Waals surface area contributed by atoms with Gasteiger partial charge in [-0.25, -0.2) is 15.0 Å². The van der Waals surface area contributed by atoms with Crippen molar-refractivity contribution < 1.29 is 4.74 Å². The quantitative estimate of drug-likeness (QED) is 0.404. The van der Waals surface area contributed by atoms with Crippen LogP contribution in [-0.2, 0) is 11.3 Å². The Morgan fingerprint density at radius 3 is 2.65 bits per heavy atom. The summed E-state index contributed by atoms with van der Waals surface area (Å²) in [7, 11) is 0. The number of likely N-dealkylation sites (tertiary alicyclic amines) is 1. The van der Waals surface area contributed by atoms with Crippen LogP contribution in [0.2, 0.25) is 0 Å². The Balaban J connectivity index is 1.27. The molecule has 4 aromatic rings. The van der Waals surface area contributed by atoms with Gasteiger partial charge in [-0.05, 0) is 68.5 Å². The molecule has 0 aromatic carbocycles. The van der Waals surface area contributed by atoms with E-state index in [2.05, 4.69) is 32.3 Å². The van der Waals surface area contributed by atoms with Gasteiger partial charge in [-0.1, -0.05) is 6.07 Å². The van der Waals surface area contributed by atoms with Crippen molar-refractivity contribution in [3.8, 4) is 10.6 Å². The minimum absolute atomic E-state index is 0.531. The monoisotopic (exact) mass is 472 g/mol. The fourth-order valence-electron chi connectivity index (χ4n) is 4.89. The highest BCUT2D eigenvalue weighted by Gasteiger charge is 2.22. The second-order valence-corrected chi connectivity index (χ2v) is 10.1. The fraction of sp³-hybridized carbons (Fsp3) is 0.385. The summed E-state index contributed by atoms with van der Waals surface area (Å²) >= 11 is 1.64. The molecule has 174 valence electrons. The third-order valence-electron chi connectivity index (χ3n) is 6.70. The number of aromatic nitrogens is 4. The number of nitrogens with one attached hydrogen (secondary N) is 1. The molecule has 1 N–H and O–H groups in total. The summed E-state index contributed by atoms with van der Waals surface area (Å²) in [5.74, 6) is 2.13. The van der Waals surface area contributed by atoms with Crippen LogP contribution in [0.25, 0.3) is 20.8 Å². The van der Waals surface area contributed by atoms with Crippen molar-refractivity contribution in [3.63, 3.8) is 0 Å². The first kappa shape index (κ1) is 21.6.